The molecule has 0 aliphatic carbocycles. The van der Waals surface area contributed by atoms with Crippen molar-refractivity contribution in [2.24, 2.45) is 0 Å². The van der Waals surface area contributed by atoms with E-state index < -0.39 is 0 Å². The molecule has 4 heteroatoms. The lowest BCUT2D eigenvalue weighted by molar-refractivity contribution is 0.724. The number of aromatic nitrogens is 1. The Morgan fingerprint density at radius 1 is 1.41 bits per heavy atom. The Balaban J connectivity index is 2.24. The smallest absolute Gasteiger partial charge is 0.117 e. The van der Waals surface area contributed by atoms with Crippen molar-refractivity contribution in [1.82, 2.24) is 10.3 Å². The van der Waals surface area contributed by atoms with Crippen LogP contribution in [0.1, 0.15) is 18.9 Å². The van der Waals surface area contributed by atoms with Crippen molar-refractivity contribution >= 4 is 28.3 Å². The highest BCUT2D eigenvalue weighted by Crippen LogP contribution is 2.18. The second-order valence-corrected chi connectivity index (χ2v) is 5.02. The zero-order chi connectivity index (χ0) is 12.1. The summed E-state index contributed by atoms with van der Waals surface area (Å²) in [5.74, 6) is 6.05. The number of anilines is 1. The van der Waals surface area contributed by atoms with Crippen molar-refractivity contribution in [2.45, 2.75) is 13.3 Å². The Morgan fingerprint density at radius 2 is 2.29 bits per heavy atom. The lowest BCUT2D eigenvalue weighted by Gasteiger charge is -2.22. The van der Waals surface area contributed by atoms with Crippen LogP contribution in [0, 0.1) is 15.5 Å². The number of hydrogen-bond acceptors (Lipinski definition) is 3. The summed E-state index contributed by atoms with van der Waals surface area (Å²) in [6, 6.07) is 2.15. The molecule has 0 aromatic carbocycles. The van der Waals surface area contributed by atoms with Gasteiger partial charge in [-0.25, -0.2) is 4.98 Å². The second-order valence-electron chi connectivity index (χ2n) is 4.00. The molecule has 1 aliphatic heterocycles. The lowest BCUT2D eigenvalue weighted by Crippen LogP contribution is -2.28. The molecular weight excluding hydrogens is 325 g/mol. The predicted molar refractivity (Wildman–Crippen MR) is 79.2 cm³/mol. The first-order valence-electron chi connectivity index (χ1n) is 5.85. The van der Waals surface area contributed by atoms with E-state index in [-0.39, 0.29) is 0 Å². The molecule has 17 heavy (non-hydrogen) atoms. The fourth-order valence-corrected chi connectivity index (χ4v) is 2.37. The van der Waals surface area contributed by atoms with Gasteiger partial charge in [0.25, 0.3) is 0 Å². The fourth-order valence-electron chi connectivity index (χ4n) is 1.94. The molecule has 0 spiro atoms. The van der Waals surface area contributed by atoms with Gasteiger partial charge in [0.15, 0.2) is 0 Å². The van der Waals surface area contributed by atoms with Gasteiger partial charge in [0.05, 0.1) is 17.4 Å². The van der Waals surface area contributed by atoms with Crippen LogP contribution in [-0.2, 0) is 0 Å². The summed E-state index contributed by atoms with van der Waals surface area (Å²) < 4.78 is 0.980. The summed E-state index contributed by atoms with van der Waals surface area (Å²) in [6.45, 7) is 6.14. The van der Waals surface area contributed by atoms with E-state index >= 15 is 0 Å². The first kappa shape index (κ1) is 12.7. The first-order chi connectivity index (χ1) is 8.31. The minimum absolute atomic E-state index is 0.980. The number of nitrogens with zero attached hydrogens (tertiary/aromatic N) is 2. The molecule has 1 N–H and O–H groups in total. The first-order valence-corrected chi connectivity index (χ1v) is 6.93. The molecule has 2 heterocycles. The number of pyridine rings is 1. The van der Waals surface area contributed by atoms with Crippen molar-refractivity contribution in [2.75, 3.05) is 31.1 Å². The summed E-state index contributed by atoms with van der Waals surface area (Å²) in [5.41, 5.74) is 2.22. The number of halogens is 1. The molecule has 0 amide bonds. The highest BCUT2D eigenvalue weighted by atomic mass is 127. The maximum Gasteiger partial charge on any atom is 0.117 e. The van der Waals surface area contributed by atoms with Gasteiger partial charge in [-0.05, 0) is 48.5 Å². The summed E-state index contributed by atoms with van der Waals surface area (Å²) in [4.78, 5) is 6.80. The standard InChI is InChI=1S/C13H16IN3/c1-2-4-11-9-12(10-16-13(11)14)17-7-3-5-15-6-8-17/h9-10,15H,3,5-8H2,1H3. The summed E-state index contributed by atoms with van der Waals surface area (Å²) >= 11 is 2.23. The maximum atomic E-state index is 4.43. The highest BCUT2D eigenvalue weighted by Gasteiger charge is 2.11. The Kier molecular flexibility index (Phi) is 4.63. The molecule has 0 radical (unpaired) electrons. The van der Waals surface area contributed by atoms with Gasteiger partial charge < -0.3 is 10.2 Å². The average Bonchev–Trinajstić information content (AvgIpc) is 2.61. The summed E-state index contributed by atoms with van der Waals surface area (Å²) in [5, 5.41) is 3.41. The van der Waals surface area contributed by atoms with E-state index in [4.69, 9.17) is 0 Å². The number of rotatable bonds is 1. The van der Waals surface area contributed by atoms with Gasteiger partial charge in [0.1, 0.15) is 3.70 Å². The zero-order valence-electron chi connectivity index (χ0n) is 9.96. The van der Waals surface area contributed by atoms with Crippen molar-refractivity contribution in [1.29, 1.82) is 0 Å². The molecule has 1 saturated heterocycles. The molecule has 3 nitrogen and oxygen atoms in total. The zero-order valence-corrected chi connectivity index (χ0v) is 12.1. The van der Waals surface area contributed by atoms with Crippen molar-refractivity contribution < 1.29 is 0 Å². The van der Waals surface area contributed by atoms with Gasteiger partial charge in [0.2, 0.25) is 0 Å². The molecule has 90 valence electrons. The van der Waals surface area contributed by atoms with Gasteiger partial charge in [-0.1, -0.05) is 5.92 Å². The fraction of sp³-hybridized carbons (Fsp3) is 0.462. The Labute approximate surface area is 116 Å². The Morgan fingerprint density at radius 3 is 3.12 bits per heavy atom. The summed E-state index contributed by atoms with van der Waals surface area (Å²) in [7, 11) is 0. The average molecular weight is 341 g/mol. The molecule has 1 fully saturated rings. The van der Waals surface area contributed by atoms with Gasteiger partial charge in [-0.3, -0.25) is 0 Å². The monoisotopic (exact) mass is 341 g/mol. The van der Waals surface area contributed by atoms with E-state index in [1.807, 2.05) is 13.1 Å². The van der Waals surface area contributed by atoms with Crippen LogP contribution in [0.15, 0.2) is 12.3 Å². The molecule has 2 rings (SSSR count). The predicted octanol–water partition coefficient (Wildman–Crippen LogP) is 1.86. The van der Waals surface area contributed by atoms with Crippen LogP contribution in [0.4, 0.5) is 5.69 Å². The van der Waals surface area contributed by atoms with Gasteiger partial charge >= 0.3 is 0 Å². The highest BCUT2D eigenvalue weighted by molar-refractivity contribution is 14.1. The minimum Gasteiger partial charge on any atom is -0.369 e. The molecule has 0 bridgehead atoms. The third-order valence-electron chi connectivity index (χ3n) is 2.79. The van der Waals surface area contributed by atoms with Gasteiger partial charge in [-0.15, -0.1) is 5.92 Å². The van der Waals surface area contributed by atoms with E-state index in [0.717, 1.165) is 35.4 Å². The molecular formula is C13H16IN3. The van der Waals surface area contributed by atoms with Crippen molar-refractivity contribution in [3.63, 3.8) is 0 Å². The van der Waals surface area contributed by atoms with Crippen LogP contribution in [0.25, 0.3) is 0 Å². The quantitative estimate of drug-likeness (QED) is 0.480. The van der Waals surface area contributed by atoms with E-state index in [9.17, 15) is 0 Å². The molecule has 0 atom stereocenters. The second kappa shape index (κ2) is 6.22. The van der Waals surface area contributed by atoms with Crippen molar-refractivity contribution in [3.05, 3.63) is 21.5 Å². The topological polar surface area (TPSA) is 28.2 Å². The molecule has 0 saturated carbocycles. The molecule has 1 aliphatic rings. The van der Waals surface area contributed by atoms with Crippen LogP contribution in [-0.4, -0.2) is 31.2 Å². The number of nitrogens with one attached hydrogen (secondary N) is 1. The molecule has 1 aromatic rings. The Bertz CT molecular complexity index is 440. The van der Waals surface area contributed by atoms with E-state index in [2.05, 4.69) is 55.7 Å². The number of hydrogen-bond donors (Lipinski definition) is 1. The van der Waals surface area contributed by atoms with Crippen molar-refractivity contribution in [3.8, 4) is 11.8 Å². The largest absolute Gasteiger partial charge is 0.369 e. The van der Waals surface area contributed by atoms with Gasteiger partial charge in [-0.2, -0.15) is 0 Å². The third kappa shape index (κ3) is 3.33. The van der Waals surface area contributed by atoms with Gasteiger partial charge in [0, 0.05) is 19.6 Å². The van der Waals surface area contributed by atoms with Crippen LogP contribution >= 0.6 is 22.6 Å². The summed E-state index contributed by atoms with van der Waals surface area (Å²) in [6.07, 6.45) is 3.13. The Hall–Kier alpha value is -0.800. The van der Waals surface area contributed by atoms with Crippen LogP contribution in [0.5, 0.6) is 0 Å². The lowest BCUT2D eigenvalue weighted by atomic mass is 10.2. The third-order valence-corrected chi connectivity index (χ3v) is 3.65. The van der Waals surface area contributed by atoms with E-state index in [1.165, 1.54) is 12.1 Å². The van der Waals surface area contributed by atoms with E-state index in [1.54, 1.807) is 0 Å². The normalized spacial score (nSPS) is 16.0. The minimum atomic E-state index is 0.980. The molecule has 1 aromatic heterocycles. The van der Waals surface area contributed by atoms with Crippen LogP contribution in [0.3, 0.4) is 0 Å². The van der Waals surface area contributed by atoms with Crippen LogP contribution < -0.4 is 10.2 Å². The SMILES string of the molecule is CC#Cc1cc(N2CCCNCC2)cnc1I. The molecule has 0 unspecified atom stereocenters. The maximum absolute atomic E-state index is 4.43. The van der Waals surface area contributed by atoms with Crippen LogP contribution in [0.2, 0.25) is 0 Å². The van der Waals surface area contributed by atoms with E-state index in [0.29, 0.717) is 0 Å².